The lowest BCUT2D eigenvalue weighted by molar-refractivity contribution is -0.953. The van der Waals surface area contributed by atoms with E-state index >= 15 is 0 Å². The van der Waals surface area contributed by atoms with Gasteiger partial charge >= 0.3 is 0 Å². The molecule has 1 rings (SSSR count). The van der Waals surface area contributed by atoms with E-state index in [0.29, 0.717) is 0 Å². The largest absolute Gasteiger partial charge is 0.321 e. The van der Waals surface area contributed by atoms with Gasteiger partial charge in [0.2, 0.25) is 0 Å². The van der Waals surface area contributed by atoms with E-state index in [1.165, 1.54) is 108 Å². The topological polar surface area (TPSA) is 0 Å². The zero-order valence-corrected chi connectivity index (χ0v) is 15.3. The molecule has 0 N–H and O–H groups in total. The normalized spacial score (nSPS) is 17.3. The van der Waals surface area contributed by atoms with Crippen LogP contribution >= 0.6 is 0 Å². The van der Waals surface area contributed by atoms with E-state index in [0.717, 1.165) is 6.04 Å². The van der Waals surface area contributed by atoms with Crippen LogP contribution in [0.2, 0.25) is 0 Å². The Morgan fingerprint density at radius 3 is 1.67 bits per heavy atom. The minimum Gasteiger partial charge on any atom is -0.321 e. The molecule has 0 atom stereocenters. The summed E-state index contributed by atoms with van der Waals surface area (Å²) in [4.78, 5) is 0. The van der Waals surface area contributed by atoms with Crippen LogP contribution in [-0.2, 0) is 0 Å². The molecule has 1 aliphatic carbocycles. The summed E-state index contributed by atoms with van der Waals surface area (Å²) in [7, 11) is 0. The predicted molar refractivity (Wildman–Crippen MR) is 95.7 cm³/mol. The van der Waals surface area contributed by atoms with Crippen LogP contribution in [0.1, 0.15) is 104 Å². The molecule has 0 aromatic rings. The summed E-state index contributed by atoms with van der Waals surface area (Å²) in [6.07, 6.45) is 18.9. The summed E-state index contributed by atoms with van der Waals surface area (Å²) in [5.41, 5.74) is 0. The standard InChI is InChI=1S/C20H42N/c1-4-7-10-14-19-21(17-8-5-2,18-9-6-3)20-15-12-11-13-16-20/h20H,4-19H2,1-3H3/q+1. The number of nitrogens with zero attached hydrogens (tertiary/aromatic N) is 1. The van der Waals surface area contributed by atoms with E-state index in [4.69, 9.17) is 0 Å². The number of rotatable bonds is 12. The van der Waals surface area contributed by atoms with Crippen molar-refractivity contribution in [3.8, 4) is 0 Å². The Labute approximate surface area is 135 Å². The highest BCUT2D eigenvalue weighted by atomic mass is 15.4. The highest BCUT2D eigenvalue weighted by molar-refractivity contribution is 4.68. The molecule has 0 unspecified atom stereocenters. The van der Waals surface area contributed by atoms with Crippen LogP contribution < -0.4 is 0 Å². The average molecular weight is 297 g/mol. The Balaban J connectivity index is 2.68. The van der Waals surface area contributed by atoms with Crippen LogP contribution in [0.15, 0.2) is 0 Å². The molecule has 21 heavy (non-hydrogen) atoms. The van der Waals surface area contributed by atoms with Crippen LogP contribution in [0.4, 0.5) is 0 Å². The van der Waals surface area contributed by atoms with Gasteiger partial charge in [-0.3, -0.25) is 0 Å². The lowest BCUT2D eigenvalue weighted by atomic mass is 9.90. The minimum atomic E-state index is 0.999. The van der Waals surface area contributed by atoms with Gasteiger partial charge in [0.25, 0.3) is 0 Å². The maximum absolute atomic E-state index is 2.37. The molecule has 0 aromatic heterocycles. The molecule has 0 amide bonds. The molecule has 1 heteroatoms. The summed E-state index contributed by atoms with van der Waals surface area (Å²) >= 11 is 0. The van der Waals surface area contributed by atoms with Crippen molar-refractivity contribution in [1.29, 1.82) is 0 Å². The molecule has 0 aliphatic heterocycles. The van der Waals surface area contributed by atoms with Crippen molar-refractivity contribution in [3.63, 3.8) is 0 Å². The first-order chi connectivity index (χ1) is 10.3. The highest BCUT2D eigenvalue weighted by Crippen LogP contribution is 2.31. The molecule has 126 valence electrons. The Kier molecular flexibility index (Phi) is 10.4. The first-order valence-corrected chi connectivity index (χ1v) is 10.1. The molecule has 0 saturated heterocycles. The lowest BCUT2D eigenvalue weighted by Gasteiger charge is -2.47. The van der Waals surface area contributed by atoms with E-state index < -0.39 is 0 Å². The second-order valence-corrected chi connectivity index (χ2v) is 7.45. The van der Waals surface area contributed by atoms with Crippen molar-refractivity contribution in [2.75, 3.05) is 19.6 Å². The molecule has 1 saturated carbocycles. The van der Waals surface area contributed by atoms with E-state index in [9.17, 15) is 0 Å². The monoisotopic (exact) mass is 296 g/mol. The van der Waals surface area contributed by atoms with Crippen molar-refractivity contribution >= 4 is 0 Å². The number of quaternary nitrogens is 1. The number of hydrogen-bond donors (Lipinski definition) is 0. The zero-order valence-electron chi connectivity index (χ0n) is 15.3. The Hall–Kier alpha value is -0.0400. The molecule has 0 radical (unpaired) electrons. The third-order valence-electron chi connectivity index (χ3n) is 5.72. The first kappa shape index (κ1) is 19.0. The van der Waals surface area contributed by atoms with Gasteiger partial charge < -0.3 is 4.48 Å². The van der Waals surface area contributed by atoms with Gasteiger partial charge in [-0.05, 0) is 51.4 Å². The summed E-state index contributed by atoms with van der Waals surface area (Å²) in [6, 6.07) is 0.999. The smallest absolute Gasteiger partial charge is 0.0890 e. The Bertz CT molecular complexity index is 222. The van der Waals surface area contributed by atoms with E-state index in [1.807, 2.05) is 0 Å². The van der Waals surface area contributed by atoms with Gasteiger partial charge in [-0.15, -0.1) is 0 Å². The fourth-order valence-corrected chi connectivity index (χ4v) is 4.31. The van der Waals surface area contributed by atoms with Crippen LogP contribution in [0.5, 0.6) is 0 Å². The number of unbranched alkanes of at least 4 members (excludes halogenated alkanes) is 5. The highest BCUT2D eigenvalue weighted by Gasteiger charge is 2.36. The Morgan fingerprint density at radius 1 is 0.619 bits per heavy atom. The van der Waals surface area contributed by atoms with Crippen LogP contribution in [-0.4, -0.2) is 30.2 Å². The van der Waals surface area contributed by atoms with Gasteiger partial charge in [-0.25, -0.2) is 0 Å². The van der Waals surface area contributed by atoms with E-state index in [-0.39, 0.29) is 0 Å². The minimum absolute atomic E-state index is 0.999. The maximum atomic E-state index is 2.37. The first-order valence-electron chi connectivity index (χ1n) is 10.1. The second-order valence-electron chi connectivity index (χ2n) is 7.45. The molecule has 0 heterocycles. The third kappa shape index (κ3) is 6.72. The summed E-state index contributed by atoms with van der Waals surface area (Å²) < 4.78 is 1.49. The van der Waals surface area contributed by atoms with Crippen molar-refractivity contribution < 1.29 is 4.48 Å². The molecule has 0 spiro atoms. The Morgan fingerprint density at radius 2 is 1.14 bits per heavy atom. The van der Waals surface area contributed by atoms with Gasteiger partial charge in [0.05, 0.1) is 25.7 Å². The summed E-state index contributed by atoms with van der Waals surface area (Å²) in [5, 5.41) is 0. The quantitative estimate of drug-likeness (QED) is 0.292. The van der Waals surface area contributed by atoms with Crippen LogP contribution in [0, 0.1) is 0 Å². The zero-order chi connectivity index (χ0) is 15.4. The average Bonchev–Trinajstić information content (AvgIpc) is 2.54. The molecule has 0 aromatic carbocycles. The van der Waals surface area contributed by atoms with Gasteiger partial charge in [0.1, 0.15) is 0 Å². The lowest BCUT2D eigenvalue weighted by Crippen LogP contribution is -2.57. The second kappa shape index (κ2) is 11.5. The number of hydrogen-bond acceptors (Lipinski definition) is 0. The van der Waals surface area contributed by atoms with Crippen molar-refractivity contribution in [1.82, 2.24) is 0 Å². The van der Waals surface area contributed by atoms with Crippen molar-refractivity contribution in [2.24, 2.45) is 0 Å². The predicted octanol–water partition coefficient (Wildman–Crippen LogP) is 6.32. The van der Waals surface area contributed by atoms with E-state index in [1.54, 1.807) is 0 Å². The molecule has 0 bridgehead atoms. The van der Waals surface area contributed by atoms with Crippen molar-refractivity contribution in [2.45, 2.75) is 110 Å². The van der Waals surface area contributed by atoms with Crippen molar-refractivity contribution in [3.05, 3.63) is 0 Å². The van der Waals surface area contributed by atoms with Gasteiger partial charge in [0.15, 0.2) is 0 Å². The summed E-state index contributed by atoms with van der Waals surface area (Å²) in [6.45, 7) is 11.5. The molecule has 1 fully saturated rings. The molecule has 1 nitrogen and oxygen atoms in total. The van der Waals surface area contributed by atoms with Crippen LogP contribution in [0.25, 0.3) is 0 Å². The maximum Gasteiger partial charge on any atom is 0.0890 e. The SMILES string of the molecule is CCCCCC[N+](CCCC)(CCCC)C1CCCCC1. The fraction of sp³-hybridized carbons (Fsp3) is 1.00. The van der Waals surface area contributed by atoms with Crippen LogP contribution in [0.3, 0.4) is 0 Å². The van der Waals surface area contributed by atoms with E-state index in [2.05, 4.69) is 20.8 Å². The molecule has 1 aliphatic rings. The molecular formula is C20H42N+. The summed E-state index contributed by atoms with van der Waals surface area (Å²) in [5.74, 6) is 0. The third-order valence-corrected chi connectivity index (χ3v) is 5.72. The van der Waals surface area contributed by atoms with Gasteiger partial charge in [0, 0.05) is 0 Å². The van der Waals surface area contributed by atoms with Gasteiger partial charge in [-0.1, -0.05) is 52.9 Å². The van der Waals surface area contributed by atoms with Gasteiger partial charge in [-0.2, -0.15) is 0 Å². The molecular weight excluding hydrogens is 254 g/mol. The fourth-order valence-electron chi connectivity index (χ4n) is 4.31.